The van der Waals surface area contributed by atoms with Crippen LogP contribution >= 0.6 is 35.3 Å². The number of guanidine groups is 1. The Kier molecular flexibility index (Phi) is 12.8. The monoisotopic (exact) mass is 440 g/mol. The second kappa shape index (κ2) is 13.1. The lowest BCUT2D eigenvalue weighted by molar-refractivity contribution is 0.108. The molecule has 0 saturated heterocycles. The number of ether oxygens (including phenoxy) is 1. The van der Waals surface area contributed by atoms with Crippen LogP contribution in [0.5, 0.6) is 0 Å². The molecule has 0 saturated carbocycles. The van der Waals surface area contributed by atoms with Gasteiger partial charge in [0, 0.05) is 37.9 Å². The summed E-state index contributed by atoms with van der Waals surface area (Å²) in [5.41, 5.74) is 0. The summed E-state index contributed by atoms with van der Waals surface area (Å²) in [5, 5.41) is 7.66. The number of nitrogens with zero attached hydrogens (tertiary/aromatic N) is 2. The van der Waals surface area contributed by atoms with E-state index in [1.165, 1.54) is 4.88 Å². The van der Waals surface area contributed by atoms with E-state index in [1.807, 2.05) is 6.20 Å². The number of halogens is 1. The highest BCUT2D eigenvalue weighted by Crippen LogP contribution is 2.12. The Balaban J connectivity index is 0.00000441. The highest BCUT2D eigenvalue weighted by Gasteiger charge is 2.02. The molecular weight excluding hydrogens is 411 g/mol. The van der Waals surface area contributed by atoms with Crippen molar-refractivity contribution in [2.24, 2.45) is 10.9 Å². The first-order chi connectivity index (χ1) is 10.2. The van der Waals surface area contributed by atoms with Gasteiger partial charge >= 0.3 is 0 Å². The number of rotatable bonds is 9. The fraction of sp³-hybridized carbons (Fsp3) is 0.733. The lowest BCUT2D eigenvalue weighted by atomic mass is 10.2. The summed E-state index contributed by atoms with van der Waals surface area (Å²) >= 11 is 1.75. The number of aryl methyl sites for hydroxylation is 1. The van der Waals surface area contributed by atoms with Crippen LogP contribution in [0.4, 0.5) is 0 Å². The van der Waals surface area contributed by atoms with Crippen LogP contribution < -0.4 is 10.6 Å². The Hall–Kier alpha value is -0.410. The third-order valence-electron chi connectivity index (χ3n) is 2.79. The summed E-state index contributed by atoms with van der Waals surface area (Å²) in [4.78, 5) is 9.91. The Labute approximate surface area is 155 Å². The molecule has 22 heavy (non-hydrogen) atoms. The fourth-order valence-electron chi connectivity index (χ4n) is 1.67. The van der Waals surface area contributed by atoms with E-state index in [4.69, 9.17) is 4.74 Å². The first kappa shape index (κ1) is 21.6. The molecule has 0 unspecified atom stereocenters. The molecule has 0 fully saturated rings. The molecule has 1 aromatic heterocycles. The number of hydrogen-bond acceptors (Lipinski definition) is 4. The van der Waals surface area contributed by atoms with E-state index in [-0.39, 0.29) is 24.0 Å². The highest BCUT2D eigenvalue weighted by atomic mass is 127. The van der Waals surface area contributed by atoms with E-state index in [0.717, 1.165) is 43.6 Å². The number of aliphatic imine (C=N–C) groups is 1. The van der Waals surface area contributed by atoms with Crippen molar-refractivity contribution >= 4 is 41.3 Å². The van der Waals surface area contributed by atoms with E-state index >= 15 is 0 Å². The smallest absolute Gasteiger partial charge is 0.191 e. The van der Waals surface area contributed by atoms with E-state index in [1.54, 1.807) is 18.4 Å². The van der Waals surface area contributed by atoms with E-state index in [2.05, 4.69) is 41.4 Å². The van der Waals surface area contributed by atoms with Crippen LogP contribution in [0, 0.1) is 5.92 Å². The van der Waals surface area contributed by atoms with Gasteiger partial charge in [-0.05, 0) is 18.8 Å². The van der Waals surface area contributed by atoms with E-state index in [0.29, 0.717) is 12.5 Å². The van der Waals surface area contributed by atoms with Gasteiger partial charge in [-0.1, -0.05) is 20.8 Å². The molecule has 5 nitrogen and oxygen atoms in total. The predicted octanol–water partition coefficient (Wildman–Crippen LogP) is 3.05. The summed E-state index contributed by atoms with van der Waals surface area (Å²) in [6.07, 6.45) is 3.97. The van der Waals surface area contributed by atoms with Gasteiger partial charge in [-0.15, -0.1) is 35.3 Å². The molecule has 0 aliphatic heterocycles. The van der Waals surface area contributed by atoms with Crippen LogP contribution in [0.15, 0.2) is 11.2 Å². The largest absolute Gasteiger partial charge is 0.381 e. The zero-order valence-electron chi connectivity index (χ0n) is 14.0. The van der Waals surface area contributed by atoms with Crippen LogP contribution in [-0.4, -0.2) is 37.7 Å². The molecular formula is C15H29IN4OS. The van der Waals surface area contributed by atoms with Crippen LogP contribution in [0.25, 0.3) is 0 Å². The lowest BCUT2D eigenvalue weighted by Crippen LogP contribution is -2.37. The molecule has 7 heteroatoms. The molecule has 0 atom stereocenters. The Bertz CT molecular complexity index is 423. The molecule has 0 amide bonds. The summed E-state index contributed by atoms with van der Waals surface area (Å²) in [7, 11) is 1.78. The summed E-state index contributed by atoms with van der Waals surface area (Å²) < 4.78 is 5.55. The average molecular weight is 440 g/mol. The van der Waals surface area contributed by atoms with Gasteiger partial charge in [0.25, 0.3) is 0 Å². The predicted molar refractivity (Wildman–Crippen MR) is 105 cm³/mol. The van der Waals surface area contributed by atoms with Crippen LogP contribution in [0.2, 0.25) is 0 Å². The Morgan fingerprint density at radius 1 is 1.41 bits per heavy atom. The second-order valence-corrected chi connectivity index (χ2v) is 6.45. The summed E-state index contributed by atoms with van der Waals surface area (Å²) in [6, 6.07) is 0. The van der Waals surface area contributed by atoms with Gasteiger partial charge in [-0.25, -0.2) is 4.98 Å². The number of thiazole rings is 1. The zero-order chi connectivity index (χ0) is 15.5. The lowest BCUT2D eigenvalue weighted by Gasteiger charge is -2.11. The zero-order valence-corrected chi connectivity index (χ0v) is 17.2. The maximum atomic E-state index is 5.55. The molecule has 1 aromatic rings. The quantitative estimate of drug-likeness (QED) is 0.268. The first-order valence-electron chi connectivity index (χ1n) is 7.61. The molecule has 0 spiro atoms. The second-order valence-electron chi connectivity index (χ2n) is 5.25. The third-order valence-corrected chi connectivity index (χ3v) is 3.93. The molecule has 128 valence electrons. The topological polar surface area (TPSA) is 58.5 Å². The molecule has 2 N–H and O–H groups in total. The summed E-state index contributed by atoms with van der Waals surface area (Å²) in [5.74, 6) is 1.41. The minimum atomic E-state index is 0. The SMILES string of the molecule is CCc1cnc(CNC(=NC)NCCCOCC(C)C)s1.I. The molecule has 1 heterocycles. The molecule has 1 rings (SSSR count). The molecule has 0 bridgehead atoms. The van der Waals surface area contributed by atoms with E-state index in [9.17, 15) is 0 Å². The Morgan fingerprint density at radius 3 is 2.77 bits per heavy atom. The van der Waals surface area contributed by atoms with Crippen LogP contribution in [-0.2, 0) is 17.7 Å². The van der Waals surface area contributed by atoms with Gasteiger partial charge < -0.3 is 15.4 Å². The van der Waals surface area contributed by atoms with Gasteiger partial charge in [0.2, 0.25) is 0 Å². The summed E-state index contributed by atoms with van der Waals surface area (Å²) in [6.45, 7) is 9.65. The minimum Gasteiger partial charge on any atom is -0.381 e. The van der Waals surface area contributed by atoms with Gasteiger partial charge in [0.15, 0.2) is 5.96 Å². The van der Waals surface area contributed by atoms with E-state index < -0.39 is 0 Å². The van der Waals surface area contributed by atoms with Crippen molar-refractivity contribution in [2.45, 2.75) is 40.2 Å². The van der Waals surface area contributed by atoms with Crippen LogP contribution in [0.3, 0.4) is 0 Å². The number of nitrogens with one attached hydrogen (secondary N) is 2. The van der Waals surface area contributed by atoms with Crippen molar-refractivity contribution in [3.8, 4) is 0 Å². The van der Waals surface area contributed by atoms with Crippen molar-refractivity contribution in [1.82, 2.24) is 15.6 Å². The van der Waals surface area contributed by atoms with Gasteiger partial charge in [-0.2, -0.15) is 0 Å². The molecule has 0 aliphatic carbocycles. The normalized spacial score (nSPS) is 11.4. The fourth-order valence-corrected chi connectivity index (χ4v) is 2.48. The molecule has 0 radical (unpaired) electrons. The number of hydrogen-bond donors (Lipinski definition) is 2. The van der Waals surface area contributed by atoms with Gasteiger partial charge in [-0.3, -0.25) is 4.99 Å². The van der Waals surface area contributed by atoms with Gasteiger partial charge in [0.1, 0.15) is 5.01 Å². The maximum absolute atomic E-state index is 5.55. The number of aromatic nitrogens is 1. The van der Waals surface area contributed by atoms with Crippen molar-refractivity contribution in [2.75, 3.05) is 26.8 Å². The standard InChI is InChI=1S/C15H28N4OS.HI/c1-5-13-9-18-14(21-13)10-19-15(16-4)17-7-6-8-20-11-12(2)3;/h9,12H,5-8,10-11H2,1-4H3,(H2,16,17,19);1H. The average Bonchev–Trinajstić information content (AvgIpc) is 2.93. The van der Waals surface area contributed by atoms with Crippen LogP contribution in [0.1, 0.15) is 37.1 Å². The third kappa shape index (κ3) is 9.58. The first-order valence-corrected chi connectivity index (χ1v) is 8.43. The van der Waals surface area contributed by atoms with Gasteiger partial charge in [0.05, 0.1) is 6.54 Å². The van der Waals surface area contributed by atoms with Crippen molar-refractivity contribution < 1.29 is 4.74 Å². The maximum Gasteiger partial charge on any atom is 0.191 e. The molecule has 0 aromatic carbocycles. The van der Waals surface area contributed by atoms with Crippen molar-refractivity contribution in [1.29, 1.82) is 0 Å². The molecule has 0 aliphatic rings. The van der Waals surface area contributed by atoms with Crippen molar-refractivity contribution in [3.63, 3.8) is 0 Å². The highest BCUT2D eigenvalue weighted by molar-refractivity contribution is 14.0. The Morgan fingerprint density at radius 2 is 2.18 bits per heavy atom. The van der Waals surface area contributed by atoms with Crippen molar-refractivity contribution in [3.05, 3.63) is 16.1 Å². The minimum absolute atomic E-state index is 0.